The Morgan fingerprint density at radius 1 is 1.26 bits per heavy atom. The lowest BCUT2D eigenvalue weighted by atomic mass is 9.71. The van der Waals surface area contributed by atoms with E-state index in [2.05, 4.69) is 13.2 Å². The standard InChI is InChI=1S/C30H40N2O5S/c1-5-7-11-17-37-29(36)24-23-14-15-30(38-23)25(24)27(34)32(22(19-33)18-21-12-9-8-10-13-21)26(30)28(35)31(16-6-2)20(3)4/h5-6,8-10,12-13,20,22-26,33H,1-2,7,11,14-19H2,3-4H3/t22-,23+,24-,25+,26?,30?/m1/s1. The molecule has 8 heteroatoms. The van der Waals surface area contributed by atoms with Crippen LogP contribution in [0.1, 0.15) is 45.1 Å². The lowest BCUT2D eigenvalue weighted by molar-refractivity contribution is -0.154. The van der Waals surface area contributed by atoms with Gasteiger partial charge in [0.05, 0.1) is 35.8 Å². The average molecular weight is 541 g/mol. The first kappa shape index (κ1) is 28.4. The van der Waals surface area contributed by atoms with Crippen LogP contribution in [0.4, 0.5) is 0 Å². The molecule has 6 atom stereocenters. The number of aliphatic hydroxyl groups is 1. The number of carbonyl (C=O) groups is 3. The molecule has 38 heavy (non-hydrogen) atoms. The van der Waals surface area contributed by atoms with E-state index in [1.807, 2.05) is 44.2 Å². The molecule has 4 rings (SSSR count). The molecule has 3 fully saturated rings. The van der Waals surface area contributed by atoms with E-state index < -0.39 is 28.7 Å². The molecule has 0 aromatic heterocycles. The molecule has 0 radical (unpaired) electrons. The Kier molecular flexibility index (Phi) is 9.04. The molecule has 7 nitrogen and oxygen atoms in total. The zero-order valence-corrected chi connectivity index (χ0v) is 23.3. The highest BCUT2D eigenvalue weighted by Gasteiger charge is 2.74. The van der Waals surface area contributed by atoms with Crippen molar-refractivity contribution in [2.24, 2.45) is 11.8 Å². The van der Waals surface area contributed by atoms with E-state index in [1.54, 1.807) is 33.7 Å². The van der Waals surface area contributed by atoms with Gasteiger partial charge in [-0.2, -0.15) is 0 Å². The summed E-state index contributed by atoms with van der Waals surface area (Å²) in [6.07, 6.45) is 6.77. The molecule has 3 saturated heterocycles. The third-order valence-electron chi connectivity index (χ3n) is 8.19. The Labute approximate surface area is 230 Å². The summed E-state index contributed by atoms with van der Waals surface area (Å²) in [5, 5.41) is 10.5. The summed E-state index contributed by atoms with van der Waals surface area (Å²) in [5.74, 6) is -1.95. The SMILES string of the molecule is C=CCCCOC(=O)[C@@H]1[C@@H]2CCC3(S2)C(C(=O)N(CC=C)C(C)C)N([C@@H](CO)Cc2ccccc2)C(=O)[C@H]13. The normalized spacial score (nSPS) is 28.3. The van der Waals surface area contributed by atoms with Crippen LogP contribution < -0.4 is 0 Å². The van der Waals surface area contributed by atoms with Crippen molar-refractivity contribution in [2.75, 3.05) is 19.8 Å². The van der Waals surface area contributed by atoms with Gasteiger partial charge in [-0.15, -0.1) is 24.9 Å². The maximum atomic E-state index is 14.3. The first-order valence-electron chi connectivity index (χ1n) is 13.6. The molecule has 3 heterocycles. The molecule has 1 spiro atoms. The minimum absolute atomic E-state index is 0.0538. The zero-order chi connectivity index (χ0) is 27.4. The van der Waals surface area contributed by atoms with Gasteiger partial charge in [0.1, 0.15) is 6.04 Å². The number of hydrogen-bond donors (Lipinski definition) is 1. The largest absolute Gasteiger partial charge is 0.465 e. The molecular weight excluding hydrogens is 500 g/mol. The van der Waals surface area contributed by atoms with Crippen LogP contribution in [0, 0.1) is 11.8 Å². The molecule has 2 amide bonds. The number of benzene rings is 1. The molecule has 206 valence electrons. The number of esters is 1. The fourth-order valence-electron chi connectivity index (χ4n) is 6.52. The van der Waals surface area contributed by atoms with E-state index in [9.17, 15) is 19.5 Å². The highest BCUT2D eigenvalue weighted by atomic mass is 32.2. The van der Waals surface area contributed by atoms with Crippen molar-refractivity contribution in [1.29, 1.82) is 0 Å². The molecule has 0 saturated carbocycles. The summed E-state index contributed by atoms with van der Waals surface area (Å²) < 4.78 is 4.92. The van der Waals surface area contributed by atoms with Gasteiger partial charge < -0.3 is 19.6 Å². The number of rotatable bonds is 13. The van der Waals surface area contributed by atoms with E-state index in [4.69, 9.17) is 4.74 Å². The van der Waals surface area contributed by atoms with Crippen LogP contribution in [-0.2, 0) is 25.5 Å². The Balaban J connectivity index is 1.72. The number of unbranched alkanes of at least 4 members (excludes halogenated alkanes) is 1. The van der Waals surface area contributed by atoms with Gasteiger partial charge in [-0.1, -0.05) is 42.5 Å². The van der Waals surface area contributed by atoms with Crippen LogP contribution in [0.3, 0.4) is 0 Å². The Morgan fingerprint density at radius 3 is 2.63 bits per heavy atom. The summed E-state index contributed by atoms with van der Waals surface area (Å²) in [7, 11) is 0. The minimum Gasteiger partial charge on any atom is -0.465 e. The maximum Gasteiger partial charge on any atom is 0.310 e. The fourth-order valence-corrected chi connectivity index (χ4v) is 8.70. The average Bonchev–Trinajstić information content (AvgIpc) is 3.55. The monoisotopic (exact) mass is 540 g/mol. The number of hydrogen-bond acceptors (Lipinski definition) is 6. The smallest absolute Gasteiger partial charge is 0.310 e. The molecule has 1 N–H and O–H groups in total. The number of aliphatic hydroxyl groups excluding tert-OH is 1. The third-order valence-corrected chi connectivity index (χ3v) is 10.1. The van der Waals surface area contributed by atoms with Crippen molar-refractivity contribution in [3.05, 3.63) is 61.2 Å². The van der Waals surface area contributed by atoms with Crippen LogP contribution >= 0.6 is 11.8 Å². The van der Waals surface area contributed by atoms with E-state index >= 15 is 0 Å². The molecule has 1 aromatic rings. The van der Waals surface area contributed by atoms with Crippen LogP contribution in [0.25, 0.3) is 0 Å². The maximum absolute atomic E-state index is 14.3. The molecule has 0 aliphatic carbocycles. The van der Waals surface area contributed by atoms with Gasteiger partial charge in [0.15, 0.2) is 0 Å². The number of thioether (sulfide) groups is 1. The molecular formula is C30H40N2O5S. The topological polar surface area (TPSA) is 87.2 Å². The van der Waals surface area contributed by atoms with Crippen LogP contribution in [-0.4, -0.2) is 80.6 Å². The number of likely N-dealkylation sites (tertiary alicyclic amines) is 1. The van der Waals surface area contributed by atoms with E-state index in [0.717, 1.165) is 18.4 Å². The molecule has 3 aliphatic heterocycles. The zero-order valence-electron chi connectivity index (χ0n) is 22.5. The first-order valence-corrected chi connectivity index (χ1v) is 14.5. The number of amides is 2. The van der Waals surface area contributed by atoms with Gasteiger partial charge in [0, 0.05) is 17.8 Å². The minimum atomic E-state index is -0.767. The summed E-state index contributed by atoms with van der Waals surface area (Å²) in [4.78, 5) is 45.4. The predicted molar refractivity (Wildman–Crippen MR) is 149 cm³/mol. The van der Waals surface area contributed by atoms with E-state index in [1.165, 1.54) is 0 Å². The first-order chi connectivity index (χ1) is 18.3. The van der Waals surface area contributed by atoms with Crippen molar-refractivity contribution in [3.63, 3.8) is 0 Å². The summed E-state index contributed by atoms with van der Waals surface area (Å²) in [5.41, 5.74) is 0.974. The van der Waals surface area contributed by atoms with Crippen molar-refractivity contribution in [2.45, 2.75) is 74.1 Å². The number of carbonyl (C=O) groups excluding carboxylic acids is 3. The predicted octanol–water partition coefficient (Wildman–Crippen LogP) is 3.61. The molecule has 3 aliphatic rings. The van der Waals surface area contributed by atoms with Gasteiger partial charge in [0.25, 0.3) is 0 Å². The van der Waals surface area contributed by atoms with Gasteiger partial charge >= 0.3 is 5.97 Å². The van der Waals surface area contributed by atoms with Gasteiger partial charge in [0.2, 0.25) is 11.8 Å². The highest BCUT2D eigenvalue weighted by molar-refractivity contribution is 8.02. The summed E-state index contributed by atoms with van der Waals surface area (Å²) in [6.45, 7) is 11.8. The summed E-state index contributed by atoms with van der Waals surface area (Å²) in [6, 6.07) is 8.24. The lowest BCUT2D eigenvalue weighted by Crippen LogP contribution is -2.58. The van der Waals surface area contributed by atoms with Crippen LogP contribution in [0.2, 0.25) is 0 Å². The highest BCUT2D eigenvalue weighted by Crippen LogP contribution is 2.67. The second-order valence-corrected chi connectivity index (χ2v) is 12.4. The molecule has 2 bridgehead atoms. The third kappa shape index (κ3) is 5.05. The Hall–Kier alpha value is -2.58. The summed E-state index contributed by atoms with van der Waals surface area (Å²) >= 11 is 1.62. The van der Waals surface area contributed by atoms with Crippen molar-refractivity contribution < 1.29 is 24.2 Å². The molecule has 1 aromatic carbocycles. The fraction of sp³-hybridized carbons (Fsp3) is 0.567. The van der Waals surface area contributed by atoms with Crippen molar-refractivity contribution in [3.8, 4) is 0 Å². The number of fused-ring (bicyclic) bond motifs is 1. The van der Waals surface area contributed by atoms with Crippen molar-refractivity contribution >= 4 is 29.5 Å². The lowest BCUT2D eigenvalue weighted by Gasteiger charge is -2.40. The van der Waals surface area contributed by atoms with Crippen molar-refractivity contribution in [1.82, 2.24) is 9.80 Å². The van der Waals surface area contributed by atoms with Crippen LogP contribution in [0.5, 0.6) is 0 Å². The number of allylic oxidation sites excluding steroid dienone is 1. The van der Waals surface area contributed by atoms with Crippen LogP contribution in [0.15, 0.2) is 55.6 Å². The van der Waals surface area contributed by atoms with Gasteiger partial charge in [-0.25, -0.2) is 0 Å². The Morgan fingerprint density at radius 2 is 2.00 bits per heavy atom. The molecule has 2 unspecified atom stereocenters. The van der Waals surface area contributed by atoms with E-state index in [0.29, 0.717) is 25.8 Å². The quantitative estimate of drug-likeness (QED) is 0.234. The number of ether oxygens (including phenoxy) is 1. The number of nitrogens with zero attached hydrogens (tertiary/aromatic N) is 2. The Bertz CT molecular complexity index is 1050. The second kappa shape index (κ2) is 12.1. The second-order valence-electron chi connectivity index (χ2n) is 10.8. The van der Waals surface area contributed by atoms with Gasteiger partial charge in [-0.05, 0) is 51.5 Å². The van der Waals surface area contributed by atoms with Gasteiger partial charge in [-0.3, -0.25) is 14.4 Å². The van der Waals surface area contributed by atoms with E-state index in [-0.39, 0.29) is 42.3 Å².